The summed E-state index contributed by atoms with van der Waals surface area (Å²) in [5.41, 5.74) is 4.04. The van der Waals surface area contributed by atoms with E-state index < -0.39 is 0 Å². The van der Waals surface area contributed by atoms with Gasteiger partial charge in [-0.1, -0.05) is 31.7 Å². The van der Waals surface area contributed by atoms with Gasteiger partial charge in [0.1, 0.15) is 0 Å². The number of benzene rings is 1. The summed E-state index contributed by atoms with van der Waals surface area (Å²) in [7, 11) is 0. The van der Waals surface area contributed by atoms with E-state index in [2.05, 4.69) is 25.8 Å². The third-order valence-electron chi connectivity index (χ3n) is 3.65. The molecule has 0 saturated heterocycles. The normalized spacial score (nSPS) is 10.5. The number of anilines is 2. The van der Waals surface area contributed by atoms with Gasteiger partial charge >= 0.3 is 0 Å². The lowest BCUT2D eigenvalue weighted by Crippen LogP contribution is -2.15. The molecule has 0 fully saturated rings. The Morgan fingerprint density at radius 1 is 1.08 bits per heavy atom. The van der Waals surface area contributed by atoms with Crippen molar-refractivity contribution in [1.82, 2.24) is 15.2 Å². The summed E-state index contributed by atoms with van der Waals surface area (Å²) in [6.45, 7) is 7.38. The van der Waals surface area contributed by atoms with Crippen LogP contribution in [0.3, 0.4) is 0 Å². The van der Waals surface area contributed by atoms with Crippen LogP contribution in [0.25, 0.3) is 0 Å². The largest absolute Gasteiger partial charge is 0.326 e. The second-order valence-electron chi connectivity index (χ2n) is 5.74. The topological polar surface area (TPSA) is 96.9 Å². The number of aromatic nitrogens is 3. The molecule has 1 aromatic heterocycles. The van der Waals surface area contributed by atoms with Crippen LogP contribution < -0.4 is 10.6 Å². The minimum absolute atomic E-state index is 0.154. The Balaban J connectivity index is 1.98. The van der Waals surface area contributed by atoms with Crippen molar-refractivity contribution in [3.05, 3.63) is 35.2 Å². The molecule has 0 unspecified atom stereocenters. The maximum Gasteiger partial charge on any atom is 0.234 e. The number of nitrogens with zero attached hydrogens (tertiary/aromatic N) is 3. The number of aryl methyl sites for hydroxylation is 3. The number of thioether (sulfide) groups is 1. The maximum atomic E-state index is 12.2. The molecule has 1 aromatic carbocycles. The Morgan fingerprint density at radius 2 is 1.81 bits per heavy atom. The van der Waals surface area contributed by atoms with Gasteiger partial charge in [-0.15, -0.1) is 5.10 Å². The van der Waals surface area contributed by atoms with Gasteiger partial charge in [-0.2, -0.15) is 5.10 Å². The first-order valence-corrected chi connectivity index (χ1v) is 9.44. The van der Waals surface area contributed by atoms with Gasteiger partial charge in [-0.3, -0.25) is 9.59 Å². The van der Waals surface area contributed by atoms with Gasteiger partial charge < -0.3 is 10.6 Å². The molecule has 0 spiro atoms. The molecule has 0 atom stereocenters. The number of carbonyl (C=O) groups excluding carboxylic acids is 2. The Bertz CT molecular complexity index is 810. The maximum absolute atomic E-state index is 12.2. The molecule has 0 aliphatic rings. The lowest BCUT2D eigenvalue weighted by atomic mass is 10.2. The van der Waals surface area contributed by atoms with Crippen molar-refractivity contribution >= 4 is 35.0 Å². The summed E-state index contributed by atoms with van der Waals surface area (Å²) in [5, 5.41) is 14.3. The van der Waals surface area contributed by atoms with E-state index in [-0.39, 0.29) is 17.6 Å². The third-order valence-corrected chi connectivity index (χ3v) is 4.49. The van der Waals surface area contributed by atoms with Crippen LogP contribution in [0.1, 0.15) is 37.7 Å². The van der Waals surface area contributed by atoms with E-state index in [4.69, 9.17) is 0 Å². The predicted octanol–water partition coefficient (Wildman–Crippen LogP) is 2.99. The summed E-state index contributed by atoms with van der Waals surface area (Å²) < 4.78 is 0. The molecule has 26 heavy (non-hydrogen) atoms. The quantitative estimate of drug-likeness (QED) is 0.724. The Labute approximate surface area is 157 Å². The van der Waals surface area contributed by atoms with Crippen molar-refractivity contribution in [1.29, 1.82) is 0 Å². The molecule has 0 aliphatic carbocycles. The van der Waals surface area contributed by atoms with Crippen LogP contribution in [0.2, 0.25) is 0 Å². The zero-order valence-electron chi connectivity index (χ0n) is 15.4. The van der Waals surface area contributed by atoms with Crippen molar-refractivity contribution < 1.29 is 9.59 Å². The third kappa shape index (κ3) is 5.52. The minimum Gasteiger partial charge on any atom is -0.326 e. The Kier molecular flexibility index (Phi) is 7.08. The molecule has 2 amide bonds. The molecule has 1 heterocycles. The van der Waals surface area contributed by atoms with Crippen LogP contribution in [0.15, 0.2) is 23.4 Å². The first kappa shape index (κ1) is 19.8. The van der Waals surface area contributed by atoms with E-state index >= 15 is 0 Å². The summed E-state index contributed by atoms with van der Waals surface area (Å²) in [4.78, 5) is 27.9. The highest BCUT2D eigenvalue weighted by Crippen LogP contribution is 2.21. The summed E-state index contributed by atoms with van der Waals surface area (Å²) >= 11 is 1.25. The van der Waals surface area contributed by atoms with Crippen molar-refractivity contribution in [3.63, 3.8) is 0 Å². The number of carbonyl (C=O) groups is 2. The second kappa shape index (κ2) is 9.28. The zero-order chi connectivity index (χ0) is 19.1. The molecule has 2 rings (SSSR count). The number of hydrogen-bond donors (Lipinski definition) is 2. The number of amides is 2. The molecule has 0 aliphatic heterocycles. The standard InChI is InChI=1S/C18H23N5O2S/c1-5-14-15(6-2)22-23-18(21-14)26-10-17(25)20-13-8-7-11(3)16(9-13)19-12(4)24/h7-9H,5-6,10H2,1-4H3,(H,19,24)(H,20,25). The average Bonchev–Trinajstić information content (AvgIpc) is 2.62. The van der Waals surface area contributed by atoms with Crippen molar-refractivity contribution in [2.75, 3.05) is 16.4 Å². The molecule has 138 valence electrons. The summed E-state index contributed by atoms with van der Waals surface area (Å²) in [6.07, 6.45) is 1.58. The van der Waals surface area contributed by atoms with Crippen LogP contribution in [0.5, 0.6) is 0 Å². The molecular weight excluding hydrogens is 350 g/mol. The highest BCUT2D eigenvalue weighted by molar-refractivity contribution is 7.99. The van der Waals surface area contributed by atoms with Crippen molar-refractivity contribution in [3.8, 4) is 0 Å². The highest BCUT2D eigenvalue weighted by Gasteiger charge is 2.10. The van der Waals surface area contributed by atoms with E-state index in [1.54, 1.807) is 12.1 Å². The molecule has 2 aromatic rings. The molecule has 0 saturated carbocycles. The van der Waals surface area contributed by atoms with Gasteiger partial charge in [-0.05, 0) is 37.5 Å². The number of hydrogen-bond acceptors (Lipinski definition) is 6. The minimum atomic E-state index is -0.172. The van der Waals surface area contributed by atoms with Crippen LogP contribution in [-0.2, 0) is 22.4 Å². The van der Waals surface area contributed by atoms with Crippen molar-refractivity contribution in [2.45, 2.75) is 45.7 Å². The summed E-state index contributed by atoms with van der Waals surface area (Å²) in [6, 6.07) is 5.38. The van der Waals surface area contributed by atoms with E-state index in [1.165, 1.54) is 18.7 Å². The highest BCUT2D eigenvalue weighted by atomic mass is 32.2. The lowest BCUT2D eigenvalue weighted by Gasteiger charge is -2.10. The SMILES string of the molecule is CCc1nnc(SCC(=O)Nc2ccc(C)c(NC(C)=O)c2)nc1CC. The van der Waals surface area contributed by atoms with Gasteiger partial charge in [0.25, 0.3) is 0 Å². The predicted molar refractivity (Wildman–Crippen MR) is 103 cm³/mol. The zero-order valence-corrected chi connectivity index (χ0v) is 16.2. The van der Waals surface area contributed by atoms with E-state index in [0.29, 0.717) is 16.5 Å². The van der Waals surface area contributed by atoms with Gasteiger partial charge in [0.15, 0.2) is 0 Å². The summed E-state index contributed by atoms with van der Waals surface area (Å²) in [5.74, 6) is -0.146. The fraction of sp³-hybridized carbons (Fsp3) is 0.389. The van der Waals surface area contributed by atoms with Gasteiger partial charge in [0.2, 0.25) is 17.0 Å². The molecular formula is C18H23N5O2S. The Morgan fingerprint density at radius 3 is 2.46 bits per heavy atom. The first-order valence-electron chi connectivity index (χ1n) is 8.46. The van der Waals surface area contributed by atoms with Crippen LogP contribution in [-0.4, -0.2) is 32.7 Å². The molecule has 8 heteroatoms. The fourth-order valence-electron chi connectivity index (χ4n) is 2.33. The number of rotatable bonds is 7. The second-order valence-corrected chi connectivity index (χ2v) is 6.69. The van der Waals surface area contributed by atoms with Crippen LogP contribution >= 0.6 is 11.8 Å². The fourth-order valence-corrected chi connectivity index (χ4v) is 2.94. The van der Waals surface area contributed by atoms with Crippen LogP contribution in [0.4, 0.5) is 11.4 Å². The van der Waals surface area contributed by atoms with Gasteiger partial charge in [0.05, 0.1) is 17.1 Å². The molecule has 7 nitrogen and oxygen atoms in total. The molecule has 0 radical (unpaired) electrons. The Hall–Kier alpha value is -2.48. The molecule has 0 bridgehead atoms. The average molecular weight is 373 g/mol. The smallest absolute Gasteiger partial charge is 0.234 e. The van der Waals surface area contributed by atoms with E-state index in [1.807, 2.05) is 26.8 Å². The van der Waals surface area contributed by atoms with Crippen LogP contribution in [0, 0.1) is 6.92 Å². The van der Waals surface area contributed by atoms with Gasteiger partial charge in [-0.25, -0.2) is 4.98 Å². The van der Waals surface area contributed by atoms with E-state index in [0.717, 1.165) is 29.8 Å². The van der Waals surface area contributed by atoms with Gasteiger partial charge in [0, 0.05) is 18.3 Å². The monoisotopic (exact) mass is 373 g/mol. The van der Waals surface area contributed by atoms with E-state index in [9.17, 15) is 9.59 Å². The molecule has 2 N–H and O–H groups in total. The van der Waals surface area contributed by atoms with Crippen molar-refractivity contribution in [2.24, 2.45) is 0 Å². The first-order chi connectivity index (χ1) is 12.4. The number of nitrogens with one attached hydrogen (secondary N) is 2. The lowest BCUT2D eigenvalue weighted by molar-refractivity contribution is -0.114.